The number of thiophene rings is 1. The molecule has 0 radical (unpaired) electrons. The van der Waals surface area contributed by atoms with Gasteiger partial charge in [0.25, 0.3) is 0 Å². The second-order valence-corrected chi connectivity index (χ2v) is 7.36. The third-order valence-electron chi connectivity index (χ3n) is 4.74. The maximum atomic E-state index is 4.49. The lowest BCUT2D eigenvalue weighted by Crippen LogP contribution is -2.52. The van der Waals surface area contributed by atoms with Crippen LogP contribution >= 0.6 is 35.3 Å². The fourth-order valence-electron chi connectivity index (χ4n) is 3.30. The second kappa shape index (κ2) is 9.92. The first kappa shape index (κ1) is 20.7. The summed E-state index contributed by atoms with van der Waals surface area (Å²) in [5.41, 5.74) is 2.18. The van der Waals surface area contributed by atoms with Crippen LogP contribution in [-0.2, 0) is 6.54 Å². The maximum Gasteiger partial charge on any atom is 0.194 e. The Labute approximate surface area is 186 Å². The Morgan fingerprint density at radius 2 is 1.93 bits per heavy atom. The number of piperazine rings is 1. The van der Waals surface area contributed by atoms with E-state index < -0.39 is 0 Å². The molecule has 3 heterocycles. The molecule has 0 atom stereocenters. The van der Waals surface area contributed by atoms with Crippen molar-refractivity contribution in [1.29, 1.82) is 0 Å². The molecule has 1 aliphatic heterocycles. The van der Waals surface area contributed by atoms with E-state index in [0.29, 0.717) is 6.54 Å². The van der Waals surface area contributed by atoms with Crippen LogP contribution < -0.4 is 10.2 Å². The van der Waals surface area contributed by atoms with Crippen molar-refractivity contribution < 1.29 is 0 Å². The van der Waals surface area contributed by atoms with E-state index in [1.54, 1.807) is 11.3 Å². The fourth-order valence-corrected chi connectivity index (χ4v) is 4.09. The fraction of sp³-hybridized carbons (Fsp3) is 0.300. The molecule has 1 aliphatic rings. The summed E-state index contributed by atoms with van der Waals surface area (Å²) in [6, 6.07) is 14.5. The summed E-state index contributed by atoms with van der Waals surface area (Å²) in [5.74, 6) is 1.84. The van der Waals surface area contributed by atoms with E-state index in [4.69, 9.17) is 0 Å². The van der Waals surface area contributed by atoms with E-state index in [9.17, 15) is 0 Å². The van der Waals surface area contributed by atoms with Crippen LogP contribution in [0.1, 0.15) is 5.82 Å². The van der Waals surface area contributed by atoms with Crippen molar-refractivity contribution in [2.75, 3.05) is 38.1 Å². The summed E-state index contributed by atoms with van der Waals surface area (Å²) in [4.78, 5) is 17.1. The van der Waals surface area contributed by atoms with Crippen LogP contribution in [0.25, 0.3) is 11.3 Å². The smallest absolute Gasteiger partial charge is 0.194 e. The van der Waals surface area contributed by atoms with E-state index in [0.717, 1.165) is 49.2 Å². The lowest BCUT2D eigenvalue weighted by atomic mass is 10.2. The number of aromatic amines is 1. The Morgan fingerprint density at radius 1 is 1.14 bits per heavy atom. The highest BCUT2D eigenvalue weighted by molar-refractivity contribution is 14.0. The van der Waals surface area contributed by atoms with Gasteiger partial charge in [0.2, 0.25) is 0 Å². The van der Waals surface area contributed by atoms with Crippen molar-refractivity contribution >= 4 is 46.3 Å². The number of H-pyrrole nitrogens is 1. The highest BCUT2D eigenvalue weighted by atomic mass is 127. The average molecular weight is 508 g/mol. The quantitative estimate of drug-likeness (QED) is 0.321. The van der Waals surface area contributed by atoms with Gasteiger partial charge in [0.1, 0.15) is 5.82 Å². The van der Waals surface area contributed by atoms with Crippen LogP contribution in [0.3, 0.4) is 0 Å². The molecule has 0 saturated carbocycles. The first-order valence-electron chi connectivity index (χ1n) is 9.17. The highest BCUT2D eigenvalue weighted by Gasteiger charge is 2.20. The molecule has 4 rings (SSSR count). The molecule has 1 aromatic carbocycles. The van der Waals surface area contributed by atoms with E-state index in [-0.39, 0.29) is 24.0 Å². The van der Waals surface area contributed by atoms with E-state index in [1.807, 2.05) is 31.4 Å². The molecule has 0 amide bonds. The maximum absolute atomic E-state index is 4.49. The molecule has 28 heavy (non-hydrogen) atoms. The van der Waals surface area contributed by atoms with Gasteiger partial charge in [-0.1, -0.05) is 30.3 Å². The number of benzene rings is 1. The van der Waals surface area contributed by atoms with Gasteiger partial charge in [-0.05, 0) is 23.1 Å². The molecule has 6 nitrogen and oxygen atoms in total. The molecular weight excluding hydrogens is 483 g/mol. The van der Waals surface area contributed by atoms with E-state index in [2.05, 4.69) is 59.7 Å². The van der Waals surface area contributed by atoms with Gasteiger partial charge in [-0.2, -0.15) is 0 Å². The molecule has 8 heteroatoms. The lowest BCUT2D eigenvalue weighted by Gasteiger charge is -2.36. The van der Waals surface area contributed by atoms with Crippen molar-refractivity contribution in [2.24, 2.45) is 4.99 Å². The highest BCUT2D eigenvalue weighted by Crippen LogP contribution is 2.22. The zero-order valence-corrected chi connectivity index (χ0v) is 19.0. The monoisotopic (exact) mass is 508 g/mol. The van der Waals surface area contributed by atoms with Crippen LogP contribution in [0.4, 0.5) is 5.00 Å². The largest absolute Gasteiger partial charge is 0.360 e. The predicted molar refractivity (Wildman–Crippen MR) is 128 cm³/mol. The number of aliphatic imine (C=N–C) groups is 1. The predicted octanol–water partition coefficient (Wildman–Crippen LogP) is 3.65. The minimum atomic E-state index is 0. The number of guanidine groups is 1. The third kappa shape index (κ3) is 4.85. The summed E-state index contributed by atoms with van der Waals surface area (Å²) in [6.07, 6.45) is 1.88. The molecule has 1 saturated heterocycles. The summed E-state index contributed by atoms with van der Waals surface area (Å²) in [7, 11) is 1.84. The number of hydrogen-bond acceptors (Lipinski definition) is 4. The van der Waals surface area contributed by atoms with E-state index in [1.165, 1.54) is 5.00 Å². The molecule has 2 N–H and O–H groups in total. The number of rotatable bonds is 4. The van der Waals surface area contributed by atoms with Gasteiger partial charge >= 0.3 is 0 Å². The van der Waals surface area contributed by atoms with Gasteiger partial charge < -0.3 is 20.1 Å². The molecular formula is C20H25IN6S. The topological polar surface area (TPSA) is 59.6 Å². The Hall–Kier alpha value is -2.07. The zero-order chi connectivity index (χ0) is 18.5. The van der Waals surface area contributed by atoms with Gasteiger partial charge in [0, 0.05) is 33.2 Å². The molecule has 148 valence electrons. The molecule has 0 spiro atoms. The molecule has 0 bridgehead atoms. The summed E-state index contributed by atoms with van der Waals surface area (Å²) in [5, 5.41) is 6.92. The zero-order valence-electron chi connectivity index (χ0n) is 15.8. The molecule has 1 fully saturated rings. The summed E-state index contributed by atoms with van der Waals surface area (Å²) < 4.78 is 0. The van der Waals surface area contributed by atoms with Crippen LogP contribution in [0, 0.1) is 0 Å². The van der Waals surface area contributed by atoms with Gasteiger partial charge in [-0.15, -0.1) is 35.3 Å². The summed E-state index contributed by atoms with van der Waals surface area (Å²) >= 11 is 1.80. The molecule has 0 unspecified atom stereocenters. The second-order valence-electron chi connectivity index (χ2n) is 6.44. The van der Waals surface area contributed by atoms with Crippen molar-refractivity contribution in [3.8, 4) is 11.3 Å². The number of imidazole rings is 1. The average Bonchev–Trinajstić information content (AvgIpc) is 3.42. The van der Waals surface area contributed by atoms with Crippen LogP contribution in [0.2, 0.25) is 0 Å². The van der Waals surface area contributed by atoms with Crippen LogP contribution in [0.15, 0.2) is 59.0 Å². The Balaban J connectivity index is 0.00000225. The van der Waals surface area contributed by atoms with Gasteiger partial charge in [0.05, 0.1) is 23.4 Å². The third-order valence-corrected chi connectivity index (χ3v) is 5.67. The SMILES string of the molecule is CN=C(NCc1ncc(-c2ccccc2)[nH]1)N1CCN(c2cccs2)CC1.I. The number of nitrogens with one attached hydrogen (secondary N) is 2. The van der Waals surface area contributed by atoms with Crippen molar-refractivity contribution in [2.45, 2.75) is 6.54 Å². The number of halogens is 1. The van der Waals surface area contributed by atoms with Crippen molar-refractivity contribution in [1.82, 2.24) is 20.2 Å². The Morgan fingerprint density at radius 3 is 2.61 bits per heavy atom. The summed E-state index contributed by atoms with van der Waals surface area (Å²) in [6.45, 7) is 4.58. The van der Waals surface area contributed by atoms with Gasteiger partial charge in [-0.3, -0.25) is 4.99 Å². The minimum Gasteiger partial charge on any atom is -0.360 e. The van der Waals surface area contributed by atoms with Gasteiger partial charge in [0.15, 0.2) is 5.96 Å². The normalized spacial score (nSPS) is 14.7. The first-order chi connectivity index (χ1) is 13.3. The number of aromatic nitrogens is 2. The van der Waals surface area contributed by atoms with E-state index >= 15 is 0 Å². The number of anilines is 1. The molecule has 2 aromatic heterocycles. The van der Waals surface area contributed by atoms with Crippen LogP contribution in [-0.4, -0.2) is 54.1 Å². The Bertz CT molecular complexity index is 869. The number of hydrogen-bond donors (Lipinski definition) is 2. The standard InChI is InChI=1S/C20H24N6S.HI/c1-21-20(26-11-9-25(10-12-26)19-8-5-13-27-19)23-15-18-22-14-17(24-18)16-6-3-2-4-7-16;/h2-8,13-14H,9-12,15H2,1H3,(H,21,23)(H,22,24);1H. The van der Waals surface area contributed by atoms with Crippen molar-refractivity contribution in [3.63, 3.8) is 0 Å². The number of nitrogens with zero attached hydrogens (tertiary/aromatic N) is 4. The lowest BCUT2D eigenvalue weighted by molar-refractivity contribution is 0.373. The Kier molecular flexibility index (Phi) is 7.32. The minimum absolute atomic E-state index is 0. The van der Waals surface area contributed by atoms with Crippen molar-refractivity contribution in [3.05, 3.63) is 59.9 Å². The molecule has 3 aromatic rings. The first-order valence-corrected chi connectivity index (χ1v) is 10.0. The van der Waals surface area contributed by atoms with Gasteiger partial charge in [-0.25, -0.2) is 4.98 Å². The van der Waals surface area contributed by atoms with Crippen LogP contribution in [0.5, 0.6) is 0 Å². The molecule has 0 aliphatic carbocycles.